The molecule has 1 N–H and O–H groups in total. The molecule has 0 aliphatic carbocycles. The first-order valence-corrected chi connectivity index (χ1v) is 12.8. The van der Waals surface area contributed by atoms with Crippen molar-refractivity contribution in [2.75, 3.05) is 31.3 Å². The number of aromatic nitrogens is 2. The number of aryl methyl sites for hydroxylation is 1. The van der Waals surface area contributed by atoms with Gasteiger partial charge in [-0.2, -0.15) is 4.31 Å². The van der Waals surface area contributed by atoms with E-state index in [2.05, 4.69) is 10.3 Å². The number of sulfonamides is 1. The first-order valence-electron chi connectivity index (χ1n) is 10.4. The first-order chi connectivity index (χ1) is 15.3. The van der Waals surface area contributed by atoms with E-state index in [0.717, 1.165) is 11.3 Å². The second kappa shape index (κ2) is 10.4. The molecule has 172 valence electrons. The van der Waals surface area contributed by atoms with Crippen molar-refractivity contribution >= 4 is 44.4 Å². The lowest BCUT2D eigenvalue weighted by Gasteiger charge is -2.18. The summed E-state index contributed by atoms with van der Waals surface area (Å²) in [5, 5.41) is 3.52. The van der Waals surface area contributed by atoms with Gasteiger partial charge < -0.3 is 14.6 Å². The molecule has 0 saturated carbocycles. The molecule has 8 nitrogen and oxygen atoms in total. The zero-order valence-electron chi connectivity index (χ0n) is 18.7. The van der Waals surface area contributed by atoms with Crippen LogP contribution in [0.4, 0.5) is 5.69 Å². The minimum absolute atomic E-state index is 0.153. The lowest BCUT2D eigenvalue weighted by Crippen LogP contribution is -2.30. The van der Waals surface area contributed by atoms with Crippen LogP contribution in [0, 0.1) is 0 Å². The molecule has 0 aliphatic heterocycles. The summed E-state index contributed by atoms with van der Waals surface area (Å²) in [6, 6.07) is 12.1. The van der Waals surface area contributed by atoms with E-state index < -0.39 is 10.0 Å². The topological polar surface area (TPSA) is 93.5 Å². The van der Waals surface area contributed by atoms with Crippen molar-refractivity contribution in [2.45, 2.75) is 37.4 Å². The molecule has 0 bridgehead atoms. The maximum absolute atomic E-state index is 12.9. The monoisotopic (exact) mass is 476 g/mol. The molecule has 0 unspecified atom stereocenters. The number of amides is 1. The first kappa shape index (κ1) is 24.1. The van der Waals surface area contributed by atoms with Gasteiger partial charge in [-0.3, -0.25) is 4.79 Å². The van der Waals surface area contributed by atoms with E-state index in [-0.39, 0.29) is 16.6 Å². The molecule has 10 heteroatoms. The number of anilines is 1. The van der Waals surface area contributed by atoms with Gasteiger partial charge in [-0.05, 0) is 49.4 Å². The number of nitrogens with zero attached hydrogens (tertiary/aromatic N) is 3. The number of methoxy groups -OCH3 is 1. The van der Waals surface area contributed by atoms with Crippen LogP contribution in [-0.4, -0.2) is 54.1 Å². The largest absolute Gasteiger partial charge is 0.497 e. The maximum Gasteiger partial charge on any atom is 0.243 e. The van der Waals surface area contributed by atoms with Gasteiger partial charge in [-0.15, -0.1) is 0 Å². The highest BCUT2D eigenvalue weighted by atomic mass is 32.2. The third-order valence-electron chi connectivity index (χ3n) is 5.05. The van der Waals surface area contributed by atoms with Gasteiger partial charge in [0.05, 0.1) is 28.8 Å². The number of imidazole rings is 1. The molecule has 0 atom stereocenters. The van der Waals surface area contributed by atoms with Crippen LogP contribution in [0.25, 0.3) is 11.0 Å². The molecule has 0 radical (unpaired) electrons. The maximum atomic E-state index is 12.9. The standard InChI is InChI=1S/C22H28N4O4S2/c1-5-25(6-2)32(28,29)18-12-13-20-19(14-18)24-22(26(20)7-3)31-15-21(27)23-16-8-10-17(30-4)11-9-16/h8-14H,5-7,15H2,1-4H3,(H,23,27). The van der Waals surface area contributed by atoms with Crippen LogP contribution in [0.5, 0.6) is 5.75 Å². The summed E-state index contributed by atoms with van der Waals surface area (Å²) in [5.41, 5.74) is 2.12. The average Bonchev–Trinajstić information content (AvgIpc) is 3.15. The summed E-state index contributed by atoms with van der Waals surface area (Å²) in [6.07, 6.45) is 0. The fraction of sp³-hybridized carbons (Fsp3) is 0.364. The van der Waals surface area contributed by atoms with E-state index in [1.165, 1.54) is 16.1 Å². The van der Waals surface area contributed by atoms with Crippen LogP contribution in [0.1, 0.15) is 20.8 Å². The van der Waals surface area contributed by atoms with E-state index in [4.69, 9.17) is 4.74 Å². The van der Waals surface area contributed by atoms with Crippen LogP contribution in [-0.2, 0) is 21.4 Å². The van der Waals surface area contributed by atoms with Gasteiger partial charge in [0, 0.05) is 25.3 Å². The van der Waals surface area contributed by atoms with E-state index in [9.17, 15) is 13.2 Å². The van der Waals surface area contributed by atoms with E-state index >= 15 is 0 Å². The Morgan fingerprint density at radius 1 is 1.12 bits per heavy atom. The van der Waals surface area contributed by atoms with E-state index in [0.29, 0.717) is 36.0 Å². The van der Waals surface area contributed by atoms with Crippen LogP contribution in [0.2, 0.25) is 0 Å². The molecule has 3 rings (SSSR count). The third kappa shape index (κ3) is 5.08. The number of benzene rings is 2. The lowest BCUT2D eigenvalue weighted by molar-refractivity contribution is -0.113. The average molecular weight is 477 g/mol. The molecule has 0 saturated heterocycles. The SMILES string of the molecule is CCN(CC)S(=O)(=O)c1ccc2c(c1)nc(SCC(=O)Nc1ccc(OC)cc1)n2CC. The summed E-state index contributed by atoms with van der Waals surface area (Å²) in [4.78, 5) is 17.2. The van der Waals surface area contributed by atoms with Gasteiger partial charge >= 0.3 is 0 Å². The minimum Gasteiger partial charge on any atom is -0.497 e. The van der Waals surface area contributed by atoms with Gasteiger partial charge in [-0.25, -0.2) is 13.4 Å². The highest BCUT2D eigenvalue weighted by Crippen LogP contribution is 2.27. The number of hydrogen-bond donors (Lipinski definition) is 1. The second-order valence-electron chi connectivity index (χ2n) is 6.94. The van der Waals surface area contributed by atoms with Crippen LogP contribution >= 0.6 is 11.8 Å². The predicted octanol–water partition coefficient (Wildman–Crippen LogP) is 3.83. The molecule has 3 aromatic rings. The van der Waals surface area contributed by atoms with E-state index in [1.807, 2.05) is 25.3 Å². The fourth-order valence-electron chi connectivity index (χ4n) is 3.38. The smallest absolute Gasteiger partial charge is 0.243 e. The number of nitrogens with one attached hydrogen (secondary N) is 1. The van der Waals surface area contributed by atoms with Crippen molar-refractivity contribution in [3.8, 4) is 5.75 Å². The Kier molecular flexibility index (Phi) is 7.81. The molecule has 0 spiro atoms. The number of carbonyl (C=O) groups is 1. The summed E-state index contributed by atoms with van der Waals surface area (Å²) >= 11 is 1.32. The molecular formula is C22H28N4O4S2. The highest BCUT2D eigenvalue weighted by molar-refractivity contribution is 7.99. The fourth-order valence-corrected chi connectivity index (χ4v) is 5.73. The molecule has 0 aliphatic rings. The molecule has 1 aromatic heterocycles. The Balaban J connectivity index is 1.78. The lowest BCUT2D eigenvalue weighted by atomic mass is 10.3. The quantitative estimate of drug-likeness (QED) is 0.447. The Labute approximate surface area is 193 Å². The summed E-state index contributed by atoms with van der Waals surface area (Å²) in [6.45, 7) is 7.09. The molecule has 0 fully saturated rings. The Morgan fingerprint density at radius 2 is 1.81 bits per heavy atom. The minimum atomic E-state index is -3.56. The zero-order valence-corrected chi connectivity index (χ0v) is 20.3. The normalized spacial score (nSPS) is 11.8. The number of ether oxygens (including phenoxy) is 1. The van der Waals surface area contributed by atoms with Crippen molar-refractivity contribution in [3.05, 3.63) is 42.5 Å². The highest BCUT2D eigenvalue weighted by Gasteiger charge is 2.23. The Morgan fingerprint density at radius 3 is 2.41 bits per heavy atom. The van der Waals surface area contributed by atoms with Gasteiger partial charge in [0.2, 0.25) is 15.9 Å². The number of rotatable bonds is 10. The molecular weight excluding hydrogens is 448 g/mol. The van der Waals surface area contributed by atoms with Crippen molar-refractivity contribution in [3.63, 3.8) is 0 Å². The van der Waals surface area contributed by atoms with Crippen molar-refractivity contribution < 1.29 is 17.9 Å². The van der Waals surface area contributed by atoms with E-state index in [1.54, 1.807) is 49.6 Å². The Hall–Kier alpha value is -2.56. The summed E-state index contributed by atoms with van der Waals surface area (Å²) in [7, 11) is -1.97. The van der Waals surface area contributed by atoms with Gasteiger partial charge in [0.15, 0.2) is 5.16 Å². The molecule has 1 heterocycles. The molecule has 2 aromatic carbocycles. The van der Waals surface area contributed by atoms with Crippen LogP contribution in [0.3, 0.4) is 0 Å². The second-order valence-corrected chi connectivity index (χ2v) is 9.82. The predicted molar refractivity (Wildman–Crippen MR) is 128 cm³/mol. The Bertz CT molecular complexity index is 1190. The summed E-state index contributed by atoms with van der Waals surface area (Å²) in [5.74, 6) is 0.746. The molecule has 1 amide bonds. The molecule has 32 heavy (non-hydrogen) atoms. The van der Waals surface area contributed by atoms with Crippen molar-refractivity contribution in [1.82, 2.24) is 13.9 Å². The zero-order chi connectivity index (χ0) is 23.3. The number of thioether (sulfide) groups is 1. The van der Waals surface area contributed by atoms with Crippen molar-refractivity contribution in [2.24, 2.45) is 0 Å². The van der Waals surface area contributed by atoms with Crippen LogP contribution < -0.4 is 10.1 Å². The third-order valence-corrected chi connectivity index (χ3v) is 8.07. The number of hydrogen-bond acceptors (Lipinski definition) is 6. The summed E-state index contributed by atoms with van der Waals surface area (Å²) < 4.78 is 34.2. The van der Waals surface area contributed by atoms with Gasteiger partial charge in [0.25, 0.3) is 0 Å². The number of fused-ring (bicyclic) bond motifs is 1. The van der Waals surface area contributed by atoms with Gasteiger partial charge in [-0.1, -0.05) is 25.6 Å². The number of carbonyl (C=O) groups excluding carboxylic acids is 1. The van der Waals surface area contributed by atoms with Gasteiger partial charge in [0.1, 0.15) is 5.75 Å². The van der Waals surface area contributed by atoms with Crippen molar-refractivity contribution in [1.29, 1.82) is 0 Å². The van der Waals surface area contributed by atoms with Crippen LogP contribution in [0.15, 0.2) is 52.5 Å².